The molecule has 0 aliphatic rings. The minimum absolute atomic E-state index is 0.0617. The lowest BCUT2D eigenvalue weighted by atomic mass is 10.1. The largest absolute Gasteiger partial charge is 0.480 e. The molecule has 0 unspecified atom stereocenters. The maximum atomic E-state index is 11.6. The monoisotopic (exact) mass is 299 g/mol. The van der Waals surface area contributed by atoms with Gasteiger partial charge in [0.05, 0.1) is 0 Å². The summed E-state index contributed by atoms with van der Waals surface area (Å²) in [6, 6.07) is 0. The van der Waals surface area contributed by atoms with Gasteiger partial charge in [0.15, 0.2) is 0 Å². The molecule has 0 rings (SSSR count). The van der Waals surface area contributed by atoms with Gasteiger partial charge >= 0.3 is 5.97 Å². The SMILES string of the molecule is CCCCCCCCCCCCCC(=O)N(C)CC(=O)O. The van der Waals surface area contributed by atoms with E-state index in [0.29, 0.717) is 6.42 Å². The van der Waals surface area contributed by atoms with Crippen LogP contribution in [0.4, 0.5) is 0 Å². The second kappa shape index (κ2) is 13.9. The molecule has 1 N–H and O–H groups in total. The Balaban J connectivity index is 3.28. The number of rotatable bonds is 14. The van der Waals surface area contributed by atoms with Crippen molar-refractivity contribution in [3.05, 3.63) is 0 Å². The van der Waals surface area contributed by atoms with Gasteiger partial charge in [0, 0.05) is 13.5 Å². The van der Waals surface area contributed by atoms with Crippen molar-refractivity contribution in [1.29, 1.82) is 0 Å². The van der Waals surface area contributed by atoms with E-state index in [2.05, 4.69) is 6.92 Å². The summed E-state index contributed by atoms with van der Waals surface area (Å²) in [6.45, 7) is 2.04. The third-order valence-corrected chi connectivity index (χ3v) is 3.79. The zero-order chi connectivity index (χ0) is 15.9. The number of amides is 1. The average molecular weight is 299 g/mol. The van der Waals surface area contributed by atoms with Crippen molar-refractivity contribution in [3.8, 4) is 0 Å². The maximum absolute atomic E-state index is 11.6. The highest BCUT2D eigenvalue weighted by Crippen LogP contribution is 2.12. The highest BCUT2D eigenvalue weighted by Gasteiger charge is 2.10. The number of carbonyl (C=O) groups excluding carboxylic acids is 1. The number of likely N-dealkylation sites (N-methyl/N-ethyl adjacent to an activating group) is 1. The number of carboxylic acids is 1. The van der Waals surface area contributed by atoms with Crippen LogP contribution in [-0.2, 0) is 9.59 Å². The highest BCUT2D eigenvalue weighted by atomic mass is 16.4. The zero-order valence-corrected chi connectivity index (χ0v) is 13.9. The van der Waals surface area contributed by atoms with E-state index in [9.17, 15) is 9.59 Å². The van der Waals surface area contributed by atoms with E-state index in [0.717, 1.165) is 12.8 Å². The fourth-order valence-electron chi connectivity index (χ4n) is 2.42. The third kappa shape index (κ3) is 13.7. The van der Waals surface area contributed by atoms with E-state index >= 15 is 0 Å². The molecule has 0 aliphatic heterocycles. The molecule has 0 saturated carbocycles. The Bertz CT molecular complexity index is 279. The Hall–Kier alpha value is -1.06. The van der Waals surface area contributed by atoms with Gasteiger partial charge in [-0.25, -0.2) is 0 Å². The molecular formula is C17H33NO3. The van der Waals surface area contributed by atoms with Crippen molar-refractivity contribution >= 4 is 11.9 Å². The third-order valence-electron chi connectivity index (χ3n) is 3.79. The molecule has 0 saturated heterocycles. The van der Waals surface area contributed by atoms with Gasteiger partial charge in [0.2, 0.25) is 5.91 Å². The number of carbonyl (C=O) groups is 2. The van der Waals surface area contributed by atoms with Crippen LogP contribution in [0.25, 0.3) is 0 Å². The number of carboxylic acid groups (broad SMARTS) is 1. The molecule has 0 aromatic heterocycles. The Morgan fingerprint density at radius 3 is 1.67 bits per heavy atom. The zero-order valence-electron chi connectivity index (χ0n) is 13.9. The van der Waals surface area contributed by atoms with Crippen LogP contribution in [0.2, 0.25) is 0 Å². The molecule has 0 aliphatic carbocycles. The molecule has 0 fully saturated rings. The first-order valence-corrected chi connectivity index (χ1v) is 8.53. The number of aliphatic carboxylic acids is 1. The second-order valence-electron chi connectivity index (χ2n) is 5.93. The van der Waals surface area contributed by atoms with Gasteiger partial charge in [-0.2, -0.15) is 0 Å². The summed E-state index contributed by atoms with van der Waals surface area (Å²) in [6.07, 6.45) is 14.3. The van der Waals surface area contributed by atoms with Crippen LogP contribution in [0, 0.1) is 0 Å². The van der Waals surface area contributed by atoms with Crippen molar-refractivity contribution in [2.45, 2.75) is 84.0 Å². The Morgan fingerprint density at radius 1 is 0.810 bits per heavy atom. The fraction of sp³-hybridized carbons (Fsp3) is 0.882. The first-order chi connectivity index (χ1) is 10.1. The molecule has 0 bridgehead atoms. The molecule has 0 atom stereocenters. The molecule has 124 valence electrons. The topological polar surface area (TPSA) is 57.6 Å². The second-order valence-corrected chi connectivity index (χ2v) is 5.93. The summed E-state index contributed by atoms with van der Waals surface area (Å²) in [4.78, 5) is 23.4. The van der Waals surface area contributed by atoms with Gasteiger partial charge in [-0.05, 0) is 6.42 Å². The van der Waals surface area contributed by atoms with Gasteiger partial charge in [-0.3, -0.25) is 9.59 Å². The van der Waals surface area contributed by atoms with Gasteiger partial charge in [-0.1, -0.05) is 71.1 Å². The smallest absolute Gasteiger partial charge is 0.323 e. The molecule has 1 amide bonds. The molecule has 0 radical (unpaired) electrons. The molecule has 4 heteroatoms. The molecule has 4 nitrogen and oxygen atoms in total. The van der Waals surface area contributed by atoms with Crippen molar-refractivity contribution in [2.24, 2.45) is 0 Å². The lowest BCUT2D eigenvalue weighted by Crippen LogP contribution is -2.31. The van der Waals surface area contributed by atoms with Gasteiger partial charge < -0.3 is 10.0 Å². The van der Waals surface area contributed by atoms with E-state index in [-0.39, 0.29) is 12.5 Å². The van der Waals surface area contributed by atoms with E-state index < -0.39 is 5.97 Å². The summed E-state index contributed by atoms with van der Waals surface area (Å²) in [5.74, 6) is -1.02. The molecule has 0 aromatic carbocycles. The van der Waals surface area contributed by atoms with Crippen molar-refractivity contribution in [1.82, 2.24) is 4.90 Å². The van der Waals surface area contributed by atoms with Crippen LogP contribution in [0.5, 0.6) is 0 Å². The van der Waals surface area contributed by atoms with Crippen LogP contribution in [0.1, 0.15) is 84.0 Å². The summed E-state index contributed by atoms with van der Waals surface area (Å²) < 4.78 is 0. The lowest BCUT2D eigenvalue weighted by Gasteiger charge is -2.14. The van der Waals surface area contributed by atoms with Crippen LogP contribution in [-0.4, -0.2) is 35.5 Å². The maximum Gasteiger partial charge on any atom is 0.323 e. The first kappa shape index (κ1) is 19.9. The average Bonchev–Trinajstić information content (AvgIpc) is 2.43. The van der Waals surface area contributed by atoms with Crippen molar-refractivity contribution in [3.63, 3.8) is 0 Å². The molecule has 21 heavy (non-hydrogen) atoms. The number of unbranched alkanes of at least 4 members (excludes halogenated alkanes) is 10. The standard InChI is InChI=1S/C17H33NO3/c1-3-4-5-6-7-8-9-10-11-12-13-14-16(19)18(2)15-17(20)21/h3-15H2,1-2H3,(H,20,21). The van der Waals surface area contributed by atoms with Crippen molar-refractivity contribution in [2.75, 3.05) is 13.6 Å². The Morgan fingerprint density at radius 2 is 1.24 bits per heavy atom. The Labute approximate surface area is 129 Å². The van der Waals surface area contributed by atoms with Gasteiger partial charge in [0.25, 0.3) is 0 Å². The molecular weight excluding hydrogens is 266 g/mol. The van der Waals surface area contributed by atoms with Gasteiger partial charge in [-0.15, -0.1) is 0 Å². The first-order valence-electron chi connectivity index (χ1n) is 8.53. The summed E-state index contributed by atoms with van der Waals surface area (Å²) in [7, 11) is 1.55. The number of hydrogen-bond acceptors (Lipinski definition) is 2. The van der Waals surface area contributed by atoms with Gasteiger partial charge in [0.1, 0.15) is 6.54 Å². The minimum Gasteiger partial charge on any atom is -0.480 e. The lowest BCUT2D eigenvalue weighted by molar-refractivity contribution is -0.143. The number of hydrogen-bond donors (Lipinski definition) is 1. The van der Waals surface area contributed by atoms with E-state index in [1.807, 2.05) is 0 Å². The van der Waals surface area contributed by atoms with Crippen LogP contribution in [0.15, 0.2) is 0 Å². The van der Waals surface area contributed by atoms with Crippen LogP contribution >= 0.6 is 0 Å². The fourth-order valence-corrected chi connectivity index (χ4v) is 2.42. The van der Waals surface area contributed by atoms with E-state index in [4.69, 9.17) is 5.11 Å². The quantitative estimate of drug-likeness (QED) is 0.488. The Kier molecular flexibility index (Phi) is 13.2. The minimum atomic E-state index is -0.954. The van der Waals surface area contributed by atoms with E-state index in [1.54, 1.807) is 7.05 Å². The summed E-state index contributed by atoms with van der Waals surface area (Å²) in [5, 5.41) is 8.60. The van der Waals surface area contributed by atoms with Crippen molar-refractivity contribution < 1.29 is 14.7 Å². The predicted octanol–water partition coefficient (Wildman–Crippen LogP) is 4.23. The van der Waals surface area contributed by atoms with E-state index in [1.165, 1.54) is 62.7 Å². The summed E-state index contributed by atoms with van der Waals surface area (Å²) >= 11 is 0. The molecule has 0 heterocycles. The molecule has 0 spiro atoms. The van der Waals surface area contributed by atoms with Crippen LogP contribution in [0.3, 0.4) is 0 Å². The number of nitrogens with zero attached hydrogens (tertiary/aromatic N) is 1. The van der Waals surface area contributed by atoms with Crippen LogP contribution < -0.4 is 0 Å². The summed E-state index contributed by atoms with van der Waals surface area (Å²) in [5.41, 5.74) is 0. The molecule has 0 aromatic rings. The highest BCUT2D eigenvalue weighted by molar-refractivity contribution is 5.80. The predicted molar refractivity (Wildman–Crippen MR) is 86.4 cm³/mol. The normalized spacial score (nSPS) is 10.6.